The van der Waals surface area contributed by atoms with E-state index in [1.54, 1.807) is 12.1 Å². The highest BCUT2D eigenvalue weighted by Gasteiger charge is 2.09. The van der Waals surface area contributed by atoms with E-state index >= 15 is 0 Å². The molecule has 0 heterocycles. The highest BCUT2D eigenvalue weighted by atomic mass is 79.9. The van der Waals surface area contributed by atoms with Gasteiger partial charge in [0.1, 0.15) is 6.61 Å². The molecule has 0 radical (unpaired) electrons. The molecule has 0 bridgehead atoms. The van der Waals surface area contributed by atoms with Crippen LogP contribution in [-0.2, 0) is 17.9 Å². The SMILES string of the molecule is CN(C)Cc1ccccc1COC(=O)c1cccc(Br)c1. The van der Waals surface area contributed by atoms with Crippen LogP contribution in [0, 0.1) is 0 Å². The molecular formula is C17H18BrNO2. The van der Waals surface area contributed by atoms with E-state index in [-0.39, 0.29) is 12.6 Å². The molecule has 2 aromatic carbocycles. The van der Waals surface area contributed by atoms with Crippen LogP contribution in [0.25, 0.3) is 0 Å². The number of esters is 1. The molecule has 0 saturated heterocycles. The Hall–Kier alpha value is -1.65. The third kappa shape index (κ3) is 4.69. The summed E-state index contributed by atoms with van der Waals surface area (Å²) in [5, 5.41) is 0. The summed E-state index contributed by atoms with van der Waals surface area (Å²) in [6.45, 7) is 1.11. The normalized spacial score (nSPS) is 10.7. The van der Waals surface area contributed by atoms with Gasteiger partial charge in [0.2, 0.25) is 0 Å². The van der Waals surface area contributed by atoms with E-state index in [2.05, 4.69) is 26.9 Å². The first kappa shape index (κ1) is 15.7. The average Bonchev–Trinajstić information content (AvgIpc) is 2.45. The molecule has 110 valence electrons. The Morgan fingerprint density at radius 2 is 1.81 bits per heavy atom. The number of rotatable bonds is 5. The van der Waals surface area contributed by atoms with E-state index < -0.39 is 0 Å². The highest BCUT2D eigenvalue weighted by molar-refractivity contribution is 9.10. The first-order chi connectivity index (χ1) is 10.1. The van der Waals surface area contributed by atoms with Gasteiger partial charge in [0.05, 0.1) is 5.56 Å². The molecule has 0 amide bonds. The molecule has 0 aliphatic rings. The topological polar surface area (TPSA) is 29.5 Å². The van der Waals surface area contributed by atoms with Crippen LogP contribution in [0.3, 0.4) is 0 Å². The first-order valence-corrected chi connectivity index (χ1v) is 7.50. The van der Waals surface area contributed by atoms with Crippen LogP contribution in [0.15, 0.2) is 53.0 Å². The van der Waals surface area contributed by atoms with Gasteiger partial charge in [-0.15, -0.1) is 0 Å². The van der Waals surface area contributed by atoms with Crippen molar-refractivity contribution in [1.82, 2.24) is 4.90 Å². The fourth-order valence-electron chi connectivity index (χ4n) is 2.04. The van der Waals surface area contributed by atoms with E-state index in [1.165, 1.54) is 5.56 Å². The summed E-state index contributed by atoms with van der Waals surface area (Å²) in [6, 6.07) is 15.2. The summed E-state index contributed by atoms with van der Waals surface area (Å²) in [7, 11) is 4.04. The number of carbonyl (C=O) groups is 1. The van der Waals surface area contributed by atoms with Gasteiger partial charge < -0.3 is 9.64 Å². The van der Waals surface area contributed by atoms with Crippen LogP contribution in [0.2, 0.25) is 0 Å². The standard InChI is InChI=1S/C17H18BrNO2/c1-19(2)11-14-6-3-4-7-15(14)12-21-17(20)13-8-5-9-16(18)10-13/h3-10H,11-12H2,1-2H3. The third-order valence-corrected chi connectivity index (χ3v) is 3.52. The van der Waals surface area contributed by atoms with Crippen LogP contribution in [0.1, 0.15) is 21.5 Å². The second-order valence-corrected chi connectivity index (χ2v) is 6.01. The lowest BCUT2D eigenvalue weighted by Gasteiger charge is -2.14. The van der Waals surface area contributed by atoms with Gasteiger partial charge in [-0.05, 0) is 43.4 Å². The van der Waals surface area contributed by atoms with Crippen molar-refractivity contribution >= 4 is 21.9 Å². The summed E-state index contributed by atoms with van der Waals surface area (Å²) in [5.74, 6) is -0.309. The average molecular weight is 348 g/mol. The van der Waals surface area contributed by atoms with Crippen LogP contribution in [0.4, 0.5) is 0 Å². The molecule has 0 N–H and O–H groups in total. The largest absolute Gasteiger partial charge is 0.457 e. The second kappa shape index (κ2) is 7.38. The molecule has 3 nitrogen and oxygen atoms in total. The quantitative estimate of drug-likeness (QED) is 0.769. The first-order valence-electron chi connectivity index (χ1n) is 6.70. The van der Waals surface area contributed by atoms with E-state index in [4.69, 9.17) is 4.74 Å². The summed E-state index contributed by atoms with van der Waals surface area (Å²) >= 11 is 3.35. The van der Waals surface area contributed by atoms with Crippen LogP contribution in [-0.4, -0.2) is 25.0 Å². The van der Waals surface area contributed by atoms with Crippen LogP contribution in [0.5, 0.6) is 0 Å². The molecule has 0 fully saturated rings. The zero-order chi connectivity index (χ0) is 15.2. The Kier molecular flexibility index (Phi) is 5.53. The summed E-state index contributed by atoms with van der Waals surface area (Å²) in [5.41, 5.74) is 2.76. The van der Waals surface area contributed by atoms with Crippen molar-refractivity contribution in [3.8, 4) is 0 Å². The monoisotopic (exact) mass is 347 g/mol. The van der Waals surface area contributed by atoms with Gasteiger partial charge in [-0.1, -0.05) is 46.3 Å². The van der Waals surface area contributed by atoms with Crippen molar-refractivity contribution in [2.45, 2.75) is 13.2 Å². The predicted octanol–water partition coefficient (Wildman–Crippen LogP) is 3.87. The molecule has 0 aliphatic carbocycles. The van der Waals surface area contributed by atoms with E-state index in [0.29, 0.717) is 5.56 Å². The molecule has 21 heavy (non-hydrogen) atoms. The molecular weight excluding hydrogens is 330 g/mol. The van der Waals surface area contributed by atoms with Crippen molar-refractivity contribution < 1.29 is 9.53 Å². The smallest absolute Gasteiger partial charge is 0.338 e. The maximum absolute atomic E-state index is 12.1. The highest BCUT2D eigenvalue weighted by Crippen LogP contribution is 2.15. The number of hydrogen-bond acceptors (Lipinski definition) is 3. The molecule has 0 aliphatic heterocycles. The Labute approximate surface area is 133 Å². The minimum absolute atomic E-state index is 0.287. The van der Waals surface area contributed by atoms with Crippen LogP contribution >= 0.6 is 15.9 Å². The maximum atomic E-state index is 12.1. The van der Waals surface area contributed by atoms with E-state index in [1.807, 2.05) is 44.4 Å². The summed E-state index contributed by atoms with van der Waals surface area (Å²) < 4.78 is 6.28. The lowest BCUT2D eigenvalue weighted by Crippen LogP contribution is -2.13. The van der Waals surface area contributed by atoms with Gasteiger partial charge in [0.25, 0.3) is 0 Å². The van der Waals surface area contributed by atoms with E-state index in [9.17, 15) is 4.79 Å². The van der Waals surface area contributed by atoms with Gasteiger partial charge in [-0.2, -0.15) is 0 Å². The fraction of sp³-hybridized carbons (Fsp3) is 0.235. The number of ether oxygens (including phenoxy) is 1. The van der Waals surface area contributed by atoms with Crippen molar-refractivity contribution in [3.63, 3.8) is 0 Å². The van der Waals surface area contributed by atoms with Crippen molar-refractivity contribution in [1.29, 1.82) is 0 Å². The Morgan fingerprint density at radius 3 is 2.48 bits per heavy atom. The van der Waals surface area contributed by atoms with Crippen molar-refractivity contribution in [2.75, 3.05) is 14.1 Å². The maximum Gasteiger partial charge on any atom is 0.338 e. The second-order valence-electron chi connectivity index (χ2n) is 5.09. The third-order valence-electron chi connectivity index (χ3n) is 3.02. The number of nitrogens with zero attached hydrogens (tertiary/aromatic N) is 1. The molecule has 0 aromatic heterocycles. The molecule has 2 rings (SSSR count). The van der Waals surface area contributed by atoms with Gasteiger partial charge >= 0.3 is 5.97 Å². The van der Waals surface area contributed by atoms with Gasteiger partial charge in [-0.3, -0.25) is 0 Å². The summed E-state index contributed by atoms with van der Waals surface area (Å²) in [4.78, 5) is 14.1. The minimum Gasteiger partial charge on any atom is -0.457 e. The number of carbonyl (C=O) groups excluding carboxylic acids is 1. The Morgan fingerprint density at radius 1 is 1.10 bits per heavy atom. The molecule has 0 saturated carbocycles. The molecule has 4 heteroatoms. The predicted molar refractivity (Wildman–Crippen MR) is 87.1 cm³/mol. The summed E-state index contributed by atoms with van der Waals surface area (Å²) in [6.07, 6.45) is 0. The molecule has 0 atom stereocenters. The zero-order valence-electron chi connectivity index (χ0n) is 12.2. The van der Waals surface area contributed by atoms with Crippen molar-refractivity contribution in [3.05, 3.63) is 69.7 Å². The fourth-order valence-corrected chi connectivity index (χ4v) is 2.43. The number of benzene rings is 2. The number of hydrogen-bond donors (Lipinski definition) is 0. The minimum atomic E-state index is -0.309. The van der Waals surface area contributed by atoms with Gasteiger partial charge in [-0.25, -0.2) is 4.79 Å². The Bertz CT molecular complexity index is 626. The number of halogens is 1. The molecule has 2 aromatic rings. The Balaban J connectivity index is 2.04. The van der Waals surface area contributed by atoms with Gasteiger partial charge in [0, 0.05) is 11.0 Å². The zero-order valence-corrected chi connectivity index (χ0v) is 13.8. The lowest BCUT2D eigenvalue weighted by molar-refractivity contribution is 0.0471. The van der Waals surface area contributed by atoms with E-state index in [0.717, 1.165) is 16.6 Å². The molecule has 0 unspecified atom stereocenters. The van der Waals surface area contributed by atoms with Crippen molar-refractivity contribution in [2.24, 2.45) is 0 Å². The van der Waals surface area contributed by atoms with Gasteiger partial charge in [0.15, 0.2) is 0 Å². The van der Waals surface area contributed by atoms with Crippen LogP contribution < -0.4 is 0 Å². The molecule has 0 spiro atoms. The lowest BCUT2D eigenvalue weighted by atomic mass is 10.1.